The number of aromatic nitrogens is 1. The molecule has 0 atom stereocenters. The SMILES string of the molecule is Cc1cc(CN)cc(Oc2ccccc2OC(F)(F)F)n1. The first-order valence-corrected chi connectivity index (χ1v) is 6.07. The highest BCUT2D eigenvalue weighted by molar-refractivity contribution is 5.42. The highest BCUT2D eigenvalue weighted by atomic mass is 19.4. The van der Waals surface area contributed by atoms with Gasteiger partial charge in [0, 0.05) is 18.3 Å². The lowest BCUT2D eigenvalue weighted by atomic mass is 10.2. The molecule has 21 heavy (non-hydrogen) atoms. The molecule has 0 fully saturated rings. The van der Waals surface area contributed by atoms with Crippen molar-refractivity contribution >= 4 is 0 Å². The average Bonchev–Trinajstić information content (AvgIpc) is 2.38. The van der Waals surface area contributed by atoms with Crippen molar-refractivity contribution in [2.75, 3.05) is 0 Å². The lowest BCUT2D eigenvalue weighted by Gasteiger charge is -2.13. The van der Waals surface area contributed by atoms with Gasteiger partial charge in [0.1, 0.15) is 0 Å². The van der Waals surface area contributed by atoms with Crippen LogP contribution in [0.25, 0.3) is 0 Å². The topological polar surface area (TPSA) is 57.4 Å². The Morgan fingerprint density at radius 2 is 1.81 bits per heavy atom. The van der Waals surface area contributed by atoms with Crippen LogP contribution in [0, 0.1) is 6.92 Å². The van der Waals surface area contributed by atoms with Crippen LogP contribution in [-0.2, 0) is 6.54 Å². The van der Waals surface area contributed by atoms with E-state index in [1.54, 1.807) is 19.1 Å². The van der Waals surface area contributed by atoms with E-state index >= 15 is 0 Å². The fourth-order valence-electron chi connectivity index (χ4n) is 1.73. The Labute approximate surface area is 119 Å². The second-order valence-corrected chi connectivity index (χ2v) is 4.26. The molecule has 2 N–H and O–H groups in total. The number of halogens is 3. The summed E-state index contributed by atoms with van der Waals surface area (Å²) in [6.45, 7) is 2.02. The van der Waals surface area contributed by atoms with Crippen LogP contribution < -0.4 is 15.2 Å². The van der Waals surface area contributed by atoms with Crippen molar-refractivity contribution in [1.29, 1.82) is 0 Å². The molecule has 0 aliphatic carbocycles. The number of hydrogen-bond acceptors (Lipinski definition) is 4. The van der Waals surface area contributed by atoms with Crippen molar-refractivity contribution in [1.82, 2.24) is 4.98 Å². The van der Waals surface area contributed by atoms with Gasteiger partial charge in [-0.1, -0.05) is 12.1 Å². The van der Waals surface area contributed by atoms with E-state index in [2.05, 4.69) is 9.72 Å². The monoisotopic (exact) mass is 298 g/mol. The minimum atomic E-state index is -4.79. The van der Waals surface area contributed by atoms with Gasteiger partial charge in [-0.15, -0.1) is 13.2 Å². The van der Waals surface area contributed by atoms with Gasteiger partial charge in [0.2, 0.25) is 5.88 Å². The van der Waals surface area contributed by atoms with Crippen molar-refractivity contribution in [3.05, 3.63) is 47.7 Å². The van der Waals surface area contributed by atoms with Crippen LogP contribution in [0.5, 0.6) is 17.4 Å². The molecule has 0 spiro atoms. The summed E-state index contributed by atoms with van der Waals surface area (Å²) < 4.78 is 46.3. The first kappa shape index (κ1) is 15.1. The van der Waals surface area contributed by atoms with Gasteiger partial charge in [-0.3, -0.25) is 0 Å². The number of nitrogens with zero attached hydrogens (tertiary/aromatic N) is 1. The maximum Gasteiger partial charge on any atom is 0.573 e. The highest BCUT2D eigenvalue weighted by Gasteiger charge is 2.32. The van der Waals surface area contributed by atoms with Crippen molar-refractivity contribution in [2.24, 2.45) is 5.73 Å². The number of para-hydroxylation sites is 2. The standard InChI is InChI=1S/C14H13F3N2O2/c1-9-6-10(8-18)7-13(19-9)20-11-4-2-3-5-12(11)21-14(15,16)17/h2-7H,8,18H2,1H3. The Morgan fingerprint density at radius 3 is 2.43 bits per heavy atom. The number of hydrogen-bond donors (Lipinski definition) is 1. The van der Waals surface area contributed by atoms with Crippen LogP contribution in [0.1, 0.15) is 11.3 Å². The molecule has 0 unspecified atom stereocenters. The first-order chi connectivity index (χ1) is 9.87. The lowest BCUT2D eigenvalue weighted by molar-refractivity contribution is -0.275. The largest absolute Gasteiger partial charge is 0.573 e. The number of rotatable bonds is 4. The fraction of sp³-hybridized carbons (Fsp3) is 0.214. The van der Waals surface area contributed by atoms with Crippen molar-refractivity contribution < 1.29 is 22.6 Å². The third kappa shape index (κ3) is 4.35. The van der Waals surface area contributed by atoms with E-state index < -0.39 is 12.1 Å². The summed E-state index contributed by atoms with van der Waals surface area (Å²) in [6.07, 6.45) is -4.79. The first-order valence-electron chi connectivity index (χ1n) is 6.07. The Bertz CT molecular complexity index is 630. The average molecular weight is 298 g/mol. The maximum absolute atomic E-state index is 12.3. The van der Waals surface area contributed by atoms with E-state index in [1.807, 2.05) is 0 Å². The zero-order valence-corrected chi connectivity index (χ0v) is 11.1. The second-order valence-electron chi connectivity index (χ2n) is 4.26. The summed E-state index contributed by atoms with van der Waals surface area (Å²) in [4.78, 5) is 4.10. The van der Waals surface area contributed by atoms with E-state index in [9.17, 15) is 13.2 Å². The Balaban J connectivity index is 2.29. The van der Waals surface area contributed by atoms with Crippen molar-refractivity contribution in [2.45, 2.75) is 19.8 Å². The molecule has 0 saturated heterocycles. The van der Waals surface area contributed by atoms with Gasteiger partial charge < -0.3 is 15.2 Å². The van der Waals surface area contributed by atoms with Crippen molar-refractivity contribution in [3.8, 4) is 17.4 Å². The minimum absolute atomic E-state index is 0.0732. The summed E-state index contributed by atoms with van der Waals surface area (Å²) in [6, 6.07) is 8.83. The second kappa shape index (κ2) is 6.01. The third-order valence-electron chi connectivity index (χ3n) is 2.51. The normalized spacial score (nSPS) is 11.3. The number of benzene rings is 1. The molecule has 2 rings (SSSR count). The fourth-order valence-corrected chi connectivity index (χ4v) is 1.73. The maximum atomic E-state index is 12.3. The van der Waals surface area contributed by atoms with Crippen LogP contribution >= 0.6 is 0 Å². The molecular weight excluding hydrogens is 285 g/mol. The highest BCUT2D eigenvalue weighted by Crippen LogP contribution is 2.34. The molecule has 0 aliphatic heterocycles. The molecular formula is C14H13F3N2O2. The molecule has 0 aliphatic rings. The molecule has 0 radical (unpaired) electrons. The lowest BCUT2D eigenvalue weighted by Crippen LogP contribution is -2.17. The van der Waals surface area contributed by atoms with Crippen LogP contribution in [0.2, 0.25) is 0 Å². The van der Waals surface area contributed by atoms with E-state index in [-0.39, 0.29) is 18.2 Å². The Hall–Kier alpha value is -2.28. The molecule has 1 heterocycles. The summed E-state index contributed by atoms with van der Waals surface area (Å²) in [5, 5.41) is 0. The summed E-state index contributed by atoms with van der Waals surface area (Å²) in [5.41, 5.74) is 6.96. The zero-order valence-electron chi connectivity index (χ0n) is 11.1. The Kier molecular flexibility index (Phi) is 4.32. The van der Waals surface area contributed by atoms with Crippen LogP contribution in [0.15, 0.2) is 36.4 Å². The molecule has 0 amide bonds. The number of alkyl halides is 3. The van der Waals surface area contributed by atoms with Crippen LogP contribution in [0.3, 0.4) is 0 Å². The predicted molar refractivity (Wildman–Crippen MR) is 70.1 cm³/mol. The molecule has 1 aromatic heterocycles. The number of aryl methyl sites for hydroxylation is 1. The molecule has 1 aromatic carbocycles. The van der Waals surface area contributed by atoms with Gasteiger partial charge in [-0.2, -0.15) is 0 Å². The number of pyridine rings is 1. The van der Waals surface area contributed by atoms with Gasteiger partial charge in [0.15, 0.2) is 11.5 Å². The van der Waals surface area contributed by atoms with Crippen LogP contribution in [-0.4, -0.2) is 11.3 Å². The van der Waals surface area contributed by atoms with Gasteiger partial charge in [0.25, 0.3) is 0 Å². The van der Waals surface area contributed by atoms with E-state index in [0.717, 1.165) is 5.56 Å². The van der Waals surface area contributed by atoms with Crippen molar-refractivity contribution in [3.63, 3.8) is 0 Å². The molecule has 0 bridgehead atoms. The van der Waals surface area contributed by atoms with E-state index in [1.165, 1.54) is 24.3 Å². The molecule has 2 aromatic rings. The van der Waals surface area contributed by atoms with E-state index in [4.69, 9.17) is 10.5 Å². The Morgan fingerprint density at radius 1 is 1.14 bits per heavy atom. The third-order valence-corrected chi connectivity index (χ3v) is 2.51. The smallest absolute Gasteiger partial charge is 0.435 e. The number of ether oxygens (including phenoxy) is 2. The molecule has 7 heteroatoms. The van der Waals surface area contributed by atoms with Gasteiger partial charge >= 0.3 is 6.36 Å². The van der Waals surface area contributed by atoms with Gasteiger partial charge in [-0.25, -0.2) is 4.98 Å². The van der Waals surface area contributed by atoms with Gasteiger partial charge in [0.05, 0.1) is 0 Å². The van der Waals surface area contributed by atoms with Crippen LogP contribution in [0.4, 0.5) is 13.2 Å². The predicted octanol–water partition coefficient (Wildman–Crippen LogP) is 3.54. The summed E-state index contributed by atoms with van der Waals surface area (Å²) in [5.74, 6) is -0.341. The zero-order chi connectivity index (χ0) is 15.5. The number of nitrogens with two attached hydrogens (primary N) is 1. The quantitative estimate of drug-likeness (QED) is 0.938. The molecule has 112 valence electrons. The summed E-state index contributed by atoms with van der Waals surface area (Å²) >= 11 is 0. The van der Waals surface area contributed by atoms with Gasteiger partial charge in [-0.05, 0) is 30.7 Å². The van der Waals surface area contributed by atoms with E-state index in [0.29, 0.717) is 5.69 Å². The molecule has 4 nitrogen and oxygen atoms in total. The minimum Gasteiger partial charge on any atom is -0.435 e. The summed E-state index contributed by atoms with van der Waals surface area (Å²) in [7, 11) is 0. The molecule has 0 saturated carbocycles.